The molecule has 1 saturated heterocycles. The second kappa shape index (κ2) is 8.95. The number of fused-ring (bicyclic) bond motifs is 1. The van der Waals surface area contributed by atoms with E-state index in [0.717, 1.165) is 16.5 Å². The Bertz CT molecular complexity index is 1460. The van der Waals surface area contributed by atoms with E-state index in [-0.39, 0.29) is 4.99 Å². The second-order valence-electron chi connectivity index (χ2n) is 8.20. The van der Waals surface area contributed by atoms with Gasteiger partial charge < -0.3 is 10.4 Å². The smallest absolute Gasteiger partial charge is 0.227 e. The Morgan fingerprint density at radius 2 is 1.65 bits per heavy atom. The molecule has 3 atom stereocenters. The summed E-state index contributed by atoms with van der Waals surface area (Å²) in [5.74, 6) is 2.00. The summed E-state index contributed by atoms with van der Waals surface area (Å²) in [6.07, 6.45) is 1.93. The lowest BCUT2D eigenvalue weighted by Crippen LogP contribution is -2.65. The van der Waals surface area contributed by atoms with Crippen molar-refractivity contribution in [3.63, 3.8) is 0 Å². The molecular weight excluding hydrogens is 485 g/mol. The van der Waals surface area contributed by atoms with Crippen LogP contribution in [-0.4, -0.2) is 16.0 Å². The molecule has 0 aliphatic carbocycles. The van der Waals surface area contributed by atoms with Gasteiger partial charge >= 0.3 is 0 Å². The summed E-state index contributed by atoms with van der Waals surface area (Å²) in [7, 11) is 0. The van der Waals surface area contributed by atoms with Crippen LogP contribution in [-0.2, 0) is 5.72 Å². The molecule has 1 aliphatic heterocycles. The van der Waals surface area contributed by atoms with Crippen LogP contribution in [0.3, 0.4) is 0 Å². The Labute approximate surface area is 212 Å². The Morgan fingerprint density at radius 3 is 2.38 bits per heavy atom. The third-order valence-electron chi connectivity index (χ3n) is 6.29. The van der Waals surface area contributed by atoms with Crippen molar-refractivity contribution in [2.75, 3.05) is 0 Å². The summed E-state index contributed by atoms with van der Waals surface area (Å²) < 4.78 is 2.03. The SMILES string of the molecule is N=C=C1C(=S)N[C@@](O)(c2ccccc2)[C@H]([n+]2cccc3ccccc32)[C@H]1c1ccc(Cl)c(Cl)c1. The number of nitrogens with zero attached hydrogens (tertiary/aromatic N) is 1. The molecule has 5 rings (SSSR count). The molecule has 0 radical (unpaired) electrons. The van der Waals surface area contributed by atoms with Gasteiger partial charge in [-0.25, -0.2) is 0 Å². The minimum absolute atomic E-state index is 0.259. The Hall–Kier alpha value is -3.05. The first-order chi connectivity index (χ1) is 16.4. The molecule has 0 bridgehead atoms. The van der Waals surface area contributed by atoms with E-state index in [9.17, 15) is 5.11 Å². The van der Waals surface area contributed by atoms with Gasteiger partial charge in [-0.3, -0.25) is 5.41 Å². The molecule has 0 saturated carbocycles. The van der Waals surface area contributed by atoms with Crippen molar-refractivity contribution in [1.29, 1.82) is 5.41 Å². The molecule has 4 aromatic rings. The fraction of sp³-hybridized carbons (Fsp3) is 0.111. The van der Waals surface area contributed by atoms with Gasteiger partial charge in [-0.05, 0) is 35.7 Å². The number of hydrogen-bond acceptors (Lipinski definition) is 3. The highest BCUT2D eigenvalue weighted by molar-refractivity contribution is 7.80. The summed E-state index contributed by atoms with van der Waals surface area (Å²) in [4.78, 5) is 0.259. The summed E-state index contributed by atoms with van der Waals surface area (Å²) in [6.45, 7) is 0. The lowest BCUT2D eigenvalue weighted by atomic mass is 9.74. The molecule has 1 aromatic heterocycles. The van der Waals surface area contributed by atoms with Crippen LogP contribution in [0.15, 0.2) is 96.7 Å². The molecule has 0 amide bonds. The number of aliphatic hydroxyl groups is 1. The zero-order valence-corrected chi connectivity index (χ0v) is 20.2. The molecule has 3 aromatic carbocycles. The molecule has 34 heavy (non-hydrogen) atoms. The Balaban J connectivity index is 1.86. The van der Waals surface area contributed by atoms with Crippen LogP contribution in [0.5, 0.6) is 0 Å². The van der Waals surface area contributed by atoms with Gasteiger partial charge in [-0.15, -0.1) is 0 Å². The van der Waals surface area contributed by atoms with Crippen LogP contribution in [0, 0.1) is 5.41 Å². The van der Waals surface area contributed by atoms with Crippen molar-refractivity contribution < 1.29 is 9.67 Å². The maximum absolute atomic E-state index is 12.4. The van der Waals surface area contributed by atoms with Crippen molar-refractivity contribution in [1.82, 2.24) is 5.32 Å². The topological polar surface area (TPSA) is 60.0 Å². The maximum atomic E-state index is 12.4. The van der Waals surface area contributed by atoms with E-state index < -0.39 is 17.7 Å². The molecule has 4 nitrogen and oxygen atoms in total. The van der Waals surface area contributed by atoms with Crippen LogP contribution in [0.4, 0.5) is 0 Å². The van der Waals surface area contributed by atoms with E-state index in [2.05, 4.69) is 11.2 Å². The van der Waals surface area contributed by atoms with Crippen LogP contribution in [0.25, 0.3) is 10.9 Å². The number of pyridine rings is 1. The number of thiocarbonyl (C=S) groups is 1. The lowest BCUT2D eigenvalue weighted by Gasteiger charge is -2.43. The molecule has 1 aliphatic rings. The highest BCUT2D eigenvalue weighted by Crippen LogP contribution is 2.46. The zero-order valence-electron chi connectivity index (χ0n) is 17.9. The zero-order chi connectivity index (χ0) is 23.9. The van der Waals surface area contributed by atoms with E-state index in [4.69, 9.17) is 40.8 Å². The Kier molecular flexibility index (Phi) is 5.98. The van der Waals surface area contributed by atoms with E-state index in [1.165, 1.54) is 0 Å². The van der Waals surface area contributed by atoms with E-state index >= 15 is 0 Å². The number of aromatic nitrogens is 1. The van der Waals surface area contributed by atoms with E-state index in [1.54, 1.807) is 12.1 Å². The van der Waals surface area contributed by atoms with Crippen molar-refractivity contribution in [3.8, 4) is 0 Å². The normalized spacial score (nSPS) is 22.3. The first kappa shape index (κ1) is 22.7. The van der Waals surface area contributed by atoms with Gasteiger partial charge in [-0.2, -0.15) is 4.57 Å². The average Bonchev–Trinajstić information content (AvgIpc) is 2.86. The third kappa shape index (κ3) is 3.72. The van der Waals surface area contributed by atoms with Crippen molar-refractivity contribution in [3.05, 3.63) is 118 Å². The maximum Gasteiger partial charge on any atom is 0.227 e. The molecule has 1 fully saturated rings. The van der Waals surface area contributed by atoms with Gasteiger partial charge in [0.05, 0.1) is 21.5 Å². The van der Waals surface area contributed by atoms with Crippen LogP contribution in [0.1, 0.15) is 23.1 Å². The molecule has 168 valence electrons. The predicted octanol–water partition coefficient (Wildman–Crippen LogP) is 5.71. The molecule has 0 unspecified atom stereocenters. The molecule has 7 heteroatoms. The van der Waals surface area contributed by atoms with Gasteiger partial charge in [0.15, 0.2) is 6.20 Å². The van der Waals surface area contributed by atoms with E-state index in [0.29, 0.717) is 21.2 Å². The fourth-order valence-electron chi connectivity index (χ4n) is 4.77. The van der Waals surface area contributed by atoms with Gasteiger partial charge in [0.1, 0.15) is 4.99 Å². The Morgan fingerprint density at radius 1 is 0.941 bits per heavy atom. The number of para-hydroxylation sites is 1. The van der Waals surface area contributed by atoms with Gasteiger partial charge in [0.25, 0.3) is 0 Å². The quantitative estimate of drug-likeness (QED) is 0.145. The summed E-state index contributed by atoms with van der Waals surface area (Å²) in [5, 5.41) is 25.4. The standard InChI is InChI=1S/C27H19Cl2N3OS/c28-21-13-12-18(15-22(21)29)24-20(16-30)26(34)31-27(33,19-9-2-1-3-10-19)25(24)32-14-6-8-17-7-4-5-11-23(17)32/h1-15,24-25,30,33H/p+1/t24-,25+,27+/m0/s1. The highest BCUT2D eigenvalue weighted by atomic mass is 35.5. The molecular formula is C27H20Cl2N3OS+. The molecule has 2 heterocycles. The van der Waals surface area contributed by atoms with Crippen molar-refractivity contribution in [2.45, 2.75) is 17.7 Å². The number of piperidine rings is 1. The number of hydrogen-bond donors (Lipinski definition) is 3. The fourth-order valence-corrected chi connectivity index (χ4v) is 5.41. The summed E-state index contributed by atoms with van der Waals surface area (Å²) in [5.41, 5.74) is 1.21. The monoisotopic (exact) mass is 504 g/mol. The third-order valence-corrected chi connectivity index (χ3v) is 7.35. The number of halogens is 2. The van der Waals surface area contributed by atoms with Gasteiger partial charge in [-0.1, -0.05) is 84.0 Å². The van der Waals surface area contributed by atoms with Crippen molar-refractivity contribution in [2.24, 2.45) is 0 Å². The molecule has 0 spiro atoms. The van der Waals surface area contributed by atoms with Crippen LogP contribution in [0.2, 0.25) is 10.0 Å². The largest absolute Gasteiger partial charge is 0.362 e. The predicted molar refractivity (Wildman–Crippen MR) is 140 cm³/mol. The summed E-state index contributed by atoms with van der Waals surface area (Å²) >= 11 is 18.3. The highest BCUT2D eigenvalue weighted by Gasteiger charge is 2.56. The minimum Gasteiger partial charge on any atom is -0.362 e. The van der Waals surface area contributed by atoms with Gasteiger partial charge in [0, 0.05) is 23.1 Å². The second-order valence-corrected chi connectivity index (χ2v) is 9.42. The first-order valence-electron chi connectivity index (χ1n) is 10.7. The summed E-state index contributed by atoms with van der Waals surface area (Å²) in [6, 6.07) is 26.0. The van der Waals surface area contributed by atoms with Crippen LogP contribution >= 0.6 is 35.4 Å². The lowest BCUT2D eigenvalue weighted by molar-refractivity contribution is -0.720. The number of benzene rings is 3. The first-order valence-corrected chi connectivity index (χ1v) is 11.8. The van der Waals surface area contributed by atoms with Gasteiger partial charge in [0.2, 0.25) is 17.3 Å². The average molecular weight is 505 g/mol. The van der Waals surface area contributed by atoms with Crippen LogP contribution < -0.4 is 9.88 Å². The minimum atomic E-state index is -1.59. The number of rotatable bonds is 3. The van der Waals surface area contributed by atoms with E-state index in [1.807, 2.05) is 83.6 Å². The van der Waals surface area contributed by atoms with Crippen molar-refractivity contribution >= 4 is 57.2 Å². The molecule has 3 N–H and O–H groups in total. The number of nitrogens with one attached hydrogen (secondary N) is 2.